The Balaban J connectivity index is 2.13. The molecule has 8 heteroatoms. The molecule has 28 heavy (non-hydrogen) atoms. The minimum atomic E-state index is -0.715. The SMILES string of the molecule is CCOC(=O)c1c(NC(=O)C[NH2+][C@@H](C)c2ccccc2Cl)oc(C)c1C(C)=O. The van der Waals surface area contributed by atoms with Crippen molar-refractivity contribution in [2.75, 3.05) is 18.5 Å². The number of nitrogens with two attached hydrogens (primary N) is 1. The van der Waals surface area contributed by atoms with Crippen molar-refractivity contribution < 1.29 is 28.9 Å². The molecule has 2 rings (SSSR count). The van der Waals surface area contributed by atoms with E-state index in [1.165, 1.54) is 6.92 Å². The largest absolute Gasteiger partial charge is 0.462 e. The van der Waals surface area contributed by atoms with Crippen molar-refractivity contribution in [1.82, 2.24) is 0 Å². The lowest BCUT2D eigenvalue weighted by molar-refractivity contribution is -0.682. The van der Waals surface area contributed by atoms with Crippen molar-refractivity contribution >= 4 is 35.1 Å². The predicted octanol–water partition coefficient (Wildman–Crippen LogP) is 2.88. The zero-order valence-corrected chi connectivity index (χ0v) is 17.1. The van der Waals surface area contributed by atoms with E-state index >= 15 is 0 Å². The molecule has 0 unspecified atom stereocenters. The molecular formula is C20H24ClN2O5+. The molecule has 1 heterocycles. The molecule has 1 atom stereocenters. The Labute approximate surface area is 168 Å². The van der Waals surface area contributed by atoms with Gasteiger partial charge in [-0.3, -0.25) is 14.9 Å². The third-order valence-electron chi connectivity index (χ3n) is 4.22. The summed E-state index contributed by atoms with van der Waals surface area (Å²) < 4.78 is 10.5. The first-order chi connectivity index (χ1) is 13.3. The molecule has 0 aliphatic heterocycles. The van der Waals surface area contributed by atoms with Crippen molar-refractivity contribution in [2.24, 2.45) is 0 Å². The number of quaternary nitrogens is 1. The van der Waals surface area contributed by atoms with Crippen molar-refractivity contribution in [3.8, 4) is 0 Å². The molecule has 3 N–H and O–H groups in total. The van der Waals surface area contributed by atoms with Gasteiger partial charge < -0.3 is 14.5 Å². The molecular weight excluding hydrogens is 384 g/mol. The summed E-state index contributed by atoms with van der Waals surface area (Å²) in [5.41, 5.74) is 0.971. The van der Waals surface area contributed by atoms with Crippen molar-refractivity contribution in [3.63, 3.8) is 0 Å². The van der Waals surface area contributed by atoms with Gasteiger partial charge in [-0.15, -0.1) is 0 Å². The Morgan fingerprint density at radius 3 is 2.54 bits per heavy atom. The van der Waals surface area contributed by atoms with E-state index in [2.05, 4.69) is 5.32 Å². The molecule has 7 nitrogen and oxygen atoms in total. The molecule has 0 aliphatic carbocycles. The number of ether oxygens (including phenoxy) is 1. The van der Waals surface area contributed by atoms with Gasteiger partial charge in [0.1, 0.15) is 17.4 Å². The number of amides is 1. The monoisotopic (exact) mass is 407 g/mol. The third kappa shape index (κ3) is 4.99. The maximum atomic E-state index is 12.4. The van der Waals surface area contributed by atoms with E-state index in [0.717, 1.165) is 5.56 Å². The summed E-state index contributed by atoms with van der Waals surface area (Å²) in [6.07, 6.45) is 0. The zero-order chi connectivity index (χ0) is 20.8. The number of esters is 1. The number of ketones is 1. The minimum Gasteiger partial charge on any atom is -0.462 e. The number of carbonyl (C=O) groups is 3. The second-order valence-electron chi connectivity index (χ2n) is 6.31. The van der Waals surface area contributed by atoms with Gasteiger partial charge in [0.15, 0.2) is 12.3 Å². The molecule has 0 saturated carbocycles. The molecule has 1 aromatic heterocycles. The molecule has 1 aromatic carbocycles. The van der Waals surface area contributed by atoms with Crippen LogP contribution in [-0.4, -0.2) is 30.8 Å². The first-order valence-corrected chi connectivity index (χ1v) is 9.33. The van der Waals surface area contributed by atoms with Crippen molar-refractivity contribution in [1.29, 1.82) is 0 Å². The van der Waals surface area contributed by atoms with E-state index in [1.54, 1.807) is 19.9 Å². The fourth-order valence-electron chi connectivity index (χ4n) is 2.89. The normalized spacial score (nSPS) is 11.8. The number of nitrogens with one attached hydrogen (secondary N) is 1. The van der Waals surface area contributed by atoms with Crippen LogP contribution in [0.25, 0.3) is 0 Å². The standard InChI is InChI=1S/C20H23ClN2O5/c1-5-27-20(26)18-17(12(3)24)13(4)28-19(18)23-16(25)10-22-11(2)14-8-6-7-9-15(14)21/h6-9,11,22H,5,10H2,1-4H3,(H,23,25)/p+1/t11-/m0/s1. The summed E-state index contributed by atoms with van der Waals surface area (Å²) in [5.74, 6) is -1.27. The van der Waals surface area contributed by atoms with E-state index in [4.69, 9.17) is 20.8 Å². The second-order valence-corrected chi connectivity index (χ2v) is 6.72. The summed E-state index contributed by atoms with van der Waals surface area (Å²) in [7, 11) is 0. The smallest absolute Gasteiger partial charge is 0.344 e. The van der Waals surface area contributed by atoms with Crippen LogP contribution >= 0.6 is 11.6 Å². The molecule has 0 aliphatic rings. The zero-order valence-electron chi connectivity index (χ0n) is 16.3. The summed E-state index contributed by atoms with van der Waals surface area (Å²) in [4.78, 5) is 36.5. The van der Waals surface area contributed by atoms with Gasteiger partial charge in [-0.05, 0) is 33.8 Å². The molecule has 1 amide bonds. The molecule has 2 aromatic rings. The number of benzene rings is 1. The van der Waals surface area contributed by atoms with Crippen LogP contribution in [0.5, 0.6) is 0 Å². The Morgan fingerprint density at radius 1 is 1.25 bits per heavy atom. The molecule has 0 radical (unpaired) electrons. The summed E-state index contributed by atoms with van der Waals surface area (Å²) in [6, 6.07) is 7.37. The van der Waals surface area contributed by atoms with Crippen LogP contribution < -0.4 is 10.6 Å². The number of Topliss-reactive ketones (excluding diaryl/α,β-unsaturated/α-hetero) is 1. The van der Waals surface area contributed by atoms with E-state index < -0.39 is 5.97 Å². The highest BCUT2D eigenvalue weighted by atomic mass is 35.5. The predicted molar refractivity (Wildman–Crippen MR) is 105 cm³/mol. The van der Waals surface area contributed by atoms with E-state index in [1.807, 2.05) is 30.4 Å². The number of anilines is 1. The highest BCUT2D eigenvalue weighted by Crippen LogP contribution is 2.28. The van der Waals surface area contributed by atoms with E-state index in [-0.39, 0.29) is 53.7 Å². The summed E-state index contributed by atoms with van der Waals surface area (Å²) in [6.45, 7) is 6.68. The van der Waals surface area contributed by atoms with E-state index in [0.29, 0.717) is 5.02 Å². The van der Waals surface area contributed by atoms with Crippen molar-refractivity contribution in [2.45, 2.75) is 33.7 Å². The highest BCUT2D eigenvalue weighted by molar-refractivity contribution is 6.31. The molecule has 150 valence electrons. The highest BCUT2D eigenvalue weighted by Gasteiger charge is 2.29. The third-order valence-corrected chi connectivity index (χ3v) is 4.57. The number of carbonyl (C=O) groups excluding carboxylic acids is 3. The van der Waals surface area contributed by atoms with Gasteiger partial charge in [0.2, 0.25) is 5.88 Å². The number of aryl methyl sites for hydroxylation is 1. The van der Waals surface area contributed by atoms with Gasteiger partial charge in [0.05, 0.1) is 12.2 Å². The number of halogens is 1. The van der Waals surface area contributed by atoms with Gasteiger partial charge in [-0.1, -0.05) is 29.8 Å². The second kappa shape index (κ2) is 9.52. The number of hydrogen-bond acceptors (Lipinski definition) is 5. The number of hydrogen-bond donors (Lipinski definition) is 2. The Kier molecular flexibility index (Phi) is 7.37. The van der Waals surface area contributed by atoms with Gasteiger partial charge in [-0.25, -0.2) is 4.79 Å². The Bertz CT molecular complexity index is 891. The molecule has 0 bridgehead atoms. The topological polar surface area (TPSA) is 102 Å². The lowest BCUT2D eigenvalue weighted by atomic mass is 10.1. The fraction of sp³-hybridized carbons (Fsp3) is 0.350. The first-order valence-electron chi connectivity index (χ1n) is 8.95. The number of furan rings is 1. The average molecular weight is 408 g/mol. The average Bonchev–Trinajstić information content (AvgIpc) is 2.96. The lowest BCUT2D eigenvalue weighted by Crippen LogP contribution is -2.86. The van der Waals surface area contributed by atoms with Gasteiger partial charge in [-0.2, -0.15) is 0 Å². The van der Waals surface area contributed by atoms with Gasteiger partial charge in [0.25, 0.3) is 5.91 Å². The van der Waals surface area contributed by atoms with Gasteiger partial charge >= 0.3 is 5.97 Å². The first kappa shape index (κ1) is 21.7. The minimum absolute atomic E-state index is 0.0462. The Morgan fingerprint density at radius 2 is 1.93 bits per heavy atom. The van der Waals surface area contributed by atoms with Crippen LogP contribution in [0.2, 0.25) is 5.02 Å². The molecule has 0 saturated heterocycles. The number of rotatable bonds is 8. The van der Waals surface area contributed by atoms with Crippen LogP contribution in [0, 0.1) is 6.92 Å². The van der Waals surface area contributed by atoms with Crippen LogP contribution in [-0.2, 0) is 9.53 Å². The lowest BCUT2D eigenvalue weighted by Gasteiger charge is -2.12. The van der Waals surface area contributed by atoms with Gasteiger partial charge in [0, 0.05) is 10.6 Å². The van der Waals surface area contributed by atoms with Crippen molar-refractivity contribution in [3.05, 3.63) is 51.7 Å². The quantitative estimate of drug-likeness (QED) is 0.517. The van der Waals surface area contributed by atoms with E-state index in [9.17, 15) is 14.4 Å². The van der Waals surface area contributed by atoms with Crippen LogP contribution in [0.15, 0.2) is 28.7 Å². The summed E-state index contributed by atoms with van der Waals surface area (Å²) in [5, 5.41) is 5.00. The van der Waals surface area contributed by atoms with Crippen LogP contribution in [0.4, 0.5) is 5.88 Å². The summed E-state index contributed by atoms with van der Waals surface area (Å²) >= 11 is 6.18. The Hall–Kier alpha value is -2.64. The maximum Gasteiger partial charge on any atom is 0.344 e. The molecule has 0 spiro atoms. The fourth-order valence-corrected chi connectivity index (χ4v) is 3.20. The molecule has 0 fully saturated rings. The van der Waals surface area contributed by atoms with Crippen LogP contribution in [0.3, 0.4) is 0 Å². The van der Waals surface area contributed by atoms with Crippen LogP contribution in [0.1, 0.15) is 58.9 Å². The maximum absolute atomic E-state index is 12.4.